The average Bonchev–Trinajstić information content (AvgIpc) is 2.68. The molecule has 0 amide bonds. The molecule has 0 atom stereocenters. The first kappa shape index (κ1) is 8.90. The highest BCUT2D eigenvalue weighted by molar-refractivity contribution is 6.67. The predicted octanol–water partition coefficient (Wildman–Crippen LogP) is 2.12. The molecule has 2 rings (SSSR count). The van der Waals surface area contributed by atoms with Crippen molar-refractivity contribution in [3.63, 3.8) is 0 Å². The Balaban J connectivity index is 2.39. The molecule has 0 spiro atoms. The number of aromatic nitrogens is 2. The first-order valence-electron chi connectivity index (χ1n) is 3.86. The number of carbonyl (C=O) groups excluding carboxylic acids is 1. The summed E-state index contributed by atoms with van der Waals surface area (Å²) < 4.78 is 4.64. The zero-order valence-corrected chi connectivity index (χ0v) is 7.73. The van der Waals surface area contributed by atoms with Gasteiger partial charge in [-0.1, -0.05) is 35.5 Å². The summed E-state index contributed by atoms with van der Waals surface area (Å²) in [5.41, 5.74) is 0.778. The third-order valence-electron chi connectivity index (χ3n) is 1.63. The second-order valence-electron chi connectivity index (χ2n) is 2.56. The van der Waals surface area contributed by atoms with Crippen molar-refractivity contribution in [3.05, 3.63) is 36.2 Å². The summed E-state index contributed by atoms with van der Waals surface area (Å²) in [6, 6.07) is 9.18. The molecule has 0 N–H and O–H groups in total. The molecule has 0 fully saturated rings. The Hall–Kier alpha value is -1.68. The van der Waals surface area contributed by atoms with Gasteiger partial charge in [0.05, 0.1) is 0 Å². The Morgan fingerprint density at radius 3 is 2.57 bits per heavy atom. The van der Waals surface area contributed by atoms with Crippen LogP contribution in [0.2, 0.25) is 0 Å². The smallest absolute Gasteiger partial charge is 0.310 e. The van der Waals surface area contributed by atoms with Crippen LogP contribution in [0, 0.1) is 0 Å². The second-order valence-corrected chi connectivity index (χ2v) is 2.91. The van der Waals surface area contributed by atoms with E-state index in [-0.39, 0.29) is 5.89 Å². The van der Waals surface area contributed by atoms with E-state index < -0.39 is 5.24 Å². The zero-order valence-electron chi connectivity index (χ0n) is 6.98. The fourth-order valence-corrected chi connectivity index (χ4v) is 1.08. The van der Waals surface area contributed by atoms with Crippen LogP contribution >= 0.6 is 11.6 Å². The van der Waals surface area contributed by atoms with Crippen LogP contribution in [0.1, 0.15) is 10.7 Å². The van der Waals surface area contributed by atoms with Gasteiger partial charge in [0.2, 0.25) is 5.82 Å². The van der Waals surface area contributed by atoms with E-state index in [4.69, 9.17) is 11.6 Å². The monoisotopic (exact) mass is 208 g/mol. The number of benzene rings is 1. The molecule has 1 heterocycles. The minimum absolute atomic E-state index is 0.189. The van der Waals surface area contributed by atoms with Crippen LogP contribution < -0.4 is 0 Å². The van der Waals surface area contributed by atoms with E-state index in [1.807, 2.05) is 30.3 Å². The van der Waals surface area contributed by atoms with Gasteiger partial charge in [-0.2, -0.15) is 4.98 Å². The van der Waals surface area contributed by atoms with Crippen molar-refractivity contribution in [2.45, 2.75) is 0 Å². The molecule has 2 aromatic rings. The summed E-state index contributed by atoms with van der Waals surface area (Å²) in [6.45, 7) is 0. The third-order valence-corrected chi connectivity index (χ3v) is 1.79. The maximum absolute atomic E-state index is 10.7. The number of nitrogens with zero attached hydrogens (tertiary/aromatic N) is 2. The van der Waals surface area contributed by atoms with Crippen LogP contribution in [0.3, 0.4) is 0 Å². The second kappa shape index (κ2) is 3.59. The van der Waals surface area contributed by atoms with E-state index in [2.05, 4.69) is 14.7 Å². The van der Waals surface area contributed by atoms with Gasteiger partial charge in [0.1, 0.15) is 0 Å². The van der Waals surface area contributed by atoms with E-state index in [0.29, 0.717) is 5.82 Å². The summed E-state index contributed by atoms with van der Waals surface area (Å²) in [4.78, 5) is 14.5. The van der Waals surface area contributed by atoms with Gasteiger partial charge in [0.25, 0.3) is 0 Å². The largest absolute Gasteiger partial charge is 0.329 e. The maximum atomic E-state index is 10.7. The van der Waals surface area contributed by atoms with Crippen molar-refractivity contribution in [1.29, 1.82) is 0 Å². The van der Waals surface area contributed by atoms with Gasteiger partial charge in [0.15, 0.2) is 0 Å². The van der Waals surface area contributed by atoms with E-state index in [1.54, 1.807) is 0 Å². The highest BCUT2D eigenvalue weighted by atomic mass is 35.5. The number of carbonyl (C=O) groups is 1. The van der Waals surface area contributed by atoms with Gasteiger partial charge < -0.3 is 4.52 Å². The topological polar surface area (TPSA) is 56.0 Å². The van der Waals surface area contributed by atoms with Crippen molar-refractivity contribution in [1.82, 2.24) is 10.1 Å². The zero-order chi connectivity index (χ0) is 9.97. The summed E-state index contributed by atoms with van der Waals surface area (Å²) in [5, 5.41) is 2.87. The molecule has 0 saturated heterocycles. The van der Waals surface area contributed by atoms with E-state index >= 15 is 0 Å². The van der Waals surface area contributed by atoms with Crippen LogP contribution in [-0.2, 0) is 0 Å². The lowest BCUT2D eigenvalue weighted by molar-refractivity contribution is 0.104. The van der Waals surface area contributed by atoms with Crippen LogP contribution in [0.5, 0.6) is 0 Å². The summed E-state index contributed by atoms with van der Waals surface area (Å²) >= 11 is 5.17. The Morgan fingerprint density at radius 1 is 1.29 bits per heavy atom. The molecule has 70 valence electrons. The van der Waals surface area contributed by atoms with E-state index in [1.165, 1.54) is 0 Å². The molecule has 5 heteroatoms. The van der Waals surface area contributed by atoms with Crippen LogP contribution in [-0.4, -0.2) is 15.4 Å². The number of halogens is 1. The van der Waals surface area contributed by atoms with Crippen LogP contribution in [0.4, 0.5) is 0 Å². The average molecular weight is 209 g/mol. The van der Waals surface area contributed by atoms with Gasteiger partial charge in [-0.3, -0.25) is 4.79 Å². The highest BCUT2D eigenvalue weighted by Gasteiger charge is 2.12. The van der Waals surface area contributed by atoms with E-state index in [0.717, 1.165) is 5.56 Å². The summed E-state index contributed by atoms with van der Waals surface area (Å²) in [6.07, 6.45) is 0. The fourth-order valence-electron chi connectivity index (χ4n) is 1.01. The van der Waals surface area contributed by atoms with Crippen LogP contribution in [0.25, 0.3) is 11.4 Å². The van der Waals surface area contributed by atoms with Gasteiger partial charge in [-0.25, -0.2) is 0 Å². The Labute approximate surface area is 84.5 Å². The lowest BCUT2D eigenvalue weighted by atomic mass is 10.2. The number of hydrogen-bond acceptors (Lipinski definition) is 4. The van der Waals surface area contributed by atoms with Crippen LogP contribution in [0.15, 0.2) is 34.9 Å². The molecule has 0 aliphatic heterocycles. The summed E-state index contributed by atoms with van der Waals surface area (Å²) in [7, 11) is 0. The molecule has 0 radical (unpaired) electrons. The van der Waals surface area contributed by atoms with Crippen molar-refractivity contribution in [2.24, 2.45) is 0 Å². The Morgan fingerprint density at radius 2 is 2.00 bits per heavy atom. The minimum Gasteiger partial charge on any atom is -0.329 e. The van der Waals surface area contributed by atoms with Gasteiger partial charge in [-0.15, -0.1) is 0 Å². The van der Waals surface area contributed by atoms with Crippen molar-refractivity contribution < 1.29 is 9.32 Å². The standard InChI is InChI=1S/C9H5ClN2O2/c10-7(13)9-11-8(12-14-9)6-4-2-1-3-5-6/h1-5H. The normalized spacial score (nSPS) is 10.1. The first-order valence-corrected chi connectivity index (χ1v) is 4.24. The minimum atomic E-state index is -0.750. The van der Waals surface area contributed by atoms with Gasteiger partial charge >= 0.3 is 11.1 Å². The van der Waals surface area contributed by atoms with Crippen molar-refractivity contribution in [3.8, 4) is 11.4 Å². The lowest BCUT2D eigenvalue weighted by Gasteiger charge is -1.89. The maximum Gasteiger partial charge on any atom is 0.310 e. The highest BCUT2D eigenvalue weighted by Crippen LogP contribution is 2.15. The molecule has 4 nitrogen and oxygen atoms in total. The quantitative estimate of drug-likeness (QED) is 0.710. The molecule has 0 unspecified atom stereocenters. The van der Waals surface area contributed by atoms with Gasteiger partial charge in [0, 0.05) is 5.56 Å². The first-order chi connectivity index (χ1) is 6.77. The molecule has 0 aliphatic rings. The number of rotatable bonds is 2. The lowest BCUT2D eigenvalue weighted by Crippen LogP contribution is -1.87. The molecule has 0 saturated carbocycles. The molecular formula is C9H5ClN2O2. The molecule has 0 aliphatic carbocycles. The fraction of sp³-hybridized carbons (Fsp3) is 0. The molecule has 0 bridgehead atoms. The molecule has 1 aromatic heterocycles. The summed E-state index contributed by atoms with van der Waals surface area (Å²) in [5.74, 6) is 0.167. The SMILES string of the molecule is O=C(Cl)c1nc(-c2ccccc2)no1. The predicted molar refractivity (Wildman–Crippen MR) is 49.9 cm³/mol. The van der Waals surface area contributed by atoms with E-state index in [9.17, 15) is 4.79 Å². The molecular weight excluding hydrogens is 204 g/mol. The Kier molecular flexibility index (Phi) is 2.28. The number of hydrogen-bond donors (Lipinski definition) is 0. The molecule has 1 aromatic carbocycles. The Bertz CT molecular complexity index is 453. The van der Waals surface area contributed by atoms with Gasteiger partial charge in [-0.05, 0) is 11.6 Å². The van der Waals surface area contributed by atoms with Crippen molar-refractivity contribution >= 4 is 16.8 Å². The third kappa shape index (κ3) is 1.65. The molecule has 14 heavy (non-hydrogen) atoms. The van der Waals surface area contributed by atoms with Crippen molar-refractivity contribution in [2.75, 3.05) is 0 Å².